The fourth-order valence-corrected chi connectivity index (χ4v) is 3.33. The molecule has 1 aliphatic heterocycles. The van der Waals surface area contributed by atoms with E-state index in [1.54, 1.807) is 7.05 Å². The number of benzene rings is 1. The number of ether oxygens (including phenoxy) is 2. The van der Waals surface area contributed by atoms with E-state index in [1.165, 1.54) is 19.2 Å². The van der Waals surface area contributed by atoms with E-state index < -0.39 is 0 Å². The van der Waals surface area contributed by atoms with Crippen LogP contribution in [0.1, 0.15) is 37.3 Å². The van der Waals surface area contributed by atoms with Gasteiger partial charge >= 0.3 is 5.97 Å². The van der Waals surface area contributed by atoms with Gasteiger partial charge in [0.05, 0.1) is 26.4 Å². The molecule has 1 fully saturated rings. The molecule has 2 rings (SSSR count). The molecule has 1 heterocycles. The largest absolute Gasteiger partial charge is 0.469 e. The Hall–Kier alpha value is -1.46. The number of hydrogen-bond acceptors (Lipinski definition) is 5. The molecule has 30 heavy (non-hydrogen) atoms. The summed E-state index contributed by atoms with van der Waals surface area (Å²) in [6.07, 6.45) is 3.18. The van der Waals surface area contributed by atoms with Crippen molar-refractivity contribution in [2.45, 2.75) is 31.7 Å². The van der Waals surface area contributed by atoms with Crippen molar-refractivity contribution in [3.63, 3.8) is 0 Å². The molecule has 0 amide bonds. The van der Waals surface area contributed by atoms with Crippen LogP contribution >= 0.6 is 24.0 Å². The van der Waals surface area contributed by atoms with Crippen LogP contribution in [0.3, 0.4) is 0 Å². The van der Waals surface area contributed by atoms with E-state index in [9.17, 15) is 9.18 Å². The monoisotopic (exact) mass is 536 g/mol. The molecular weight excluding hydrogens is 502 g/mol. The molecule has 7 nitrogen and oxygen atoms in total. The molecule has 0 aromatic heterocycles. The molecule has 1 aromatic carbocycles. The number of methoxy groups -OCH3 is 1. The van der Waals surface area contributed by atoms with Crippen LogP contribution in [-0.2, 0) is 14.3 Å². The summed E-state index contributed by atoms with van der Waals surface area (Å²) in [6.45, 7) is 4.53. The van der Waals surface area contributed by atoms with Crippen LogP contribution < -0.4 is 10.6 Å². The number of nitrogens with zero attached hydrogens (tertiary/aromatic N) is 2. The van der Waals surface area contributed by atoms with Gasteiger partial charge in [0.2, 0.25) is 0 Å². The lowest BCUT2D eigenvalue weighted by atomic mass is 10.0. The molecule has 1 aliphatic rings. The summed E-state index contributed by atoms with van der Waals surface area (Å²) in [7, 11) is 3.16. The normalized spacial score (nSPS) is 15.8. The van der Waals surface area contributed by atoms with Crippen LogP contribution in [0.4, 0.5) is 4.39 Å². The molecular formula is C21H34FIN4O3. The number of halogens is 2. The predicted octanol–water partition coefficient (Wildman–Crippen LogP) is 2.72. The second-order valence-electron chi connectivity index (χ2n) is 6.98. The molecule has 0 saturated carbocycles. The number of carbonyl (C=O) groups excluding carboxylic acids is 1. The van der Waals surface area contributed by atoms with Crippen molar-refractivity contribution in [1.29, 1.82) is 0 Å². The zero-order valence-electron chi connectivity index (χ0n) is 17.9. The first-order valence-electron chi connectivity index (χ1n) is 10.2. The summed E-state index contributed by atoms with van der Waals surface area (Å²) in [5, 5.41) is 6.70. The van der Waals surface area contributed by atoms with Crippen LogP contribution in [0.25, 0.3) is 0 Å². The zero-order chi connectivity index (χ0) is 20.9. The van der Waals surface area contributed by atoms with Crippen LogP contribution in [0, 0.1) is 5.82 Å². The molecule has 2 N–H and O–H groups in total. The summed E-state index contributed by atoms with van der Waals surface area (Å²) >= 11 is 0. The van der Waals surface area contributed by atoms with Gasteiger partial charge in [-0.3, -0.25) is 14.7 Å². The third-order valence-corrected chi connectivity index (χ3v) is 5.01. The van der Waals surface area contributed by atoms with E-state index in [0.717, 1.165) is 50.4 Å². The standard InChI is InChI=1S/C21H33FN4O3.HI/c1-23-21(24-11-5-3-4-6-20(27)28-2)25-16-19(26-12-14-29-15-13-26)17-7-9-18(22)10-8-17;/h7-10,19H,3-6,11-16H2,1-2H3,(H2,23,24,25);1H. The van der Waals surface area contributed by atoms with Gasteiger partial charge in [0, 0.05) is 39.6 Å². The maximum absolute atomic E-state index is 13.3. The van der Waals surface area contributed by atoms with Gasteiger partial charge in [0.1, 0.15) is 5.82 Å². The van der Waals surface area contributed by atoms with E-state index in [-0.39, 0.29) is 41.8 Å². The summed E-state index contributed by atoms with van der Waals surface area (Å²) < 4.78 is 23.5. The molecule has 1 atom stereocenters. The third kappa shape index (κ3) is 9.57. The number of hydrogen-bond donors (Lipinski definition) is 2. The van der Waals surface area contributed by atoms with Gasteiger partial charge in [-0.05, 0) is 30.5 Å². The molecule has 0 aliphatic carbocycles. The van der Waals surface area contributed by atoms with Crippen molar-refractivity contribution in [2.24, 2.45) is 4.99 Å². The van der Waals surface area contributed by atoms with E-state index in [0.29, 0.717) is 26.2 Å². The molecule has 0 spiro atoms. The molecule has 1 saturated heterocycles. The molecule has 0 bridgehead atoms. The lowest BCUT2D eigenvalue weighted by Crippen LogP contribution is -2.46. The highest BCUT2D eigenvalue weighted by atomic mass is 127. The molecule has 0 radical (unpaired) electrons. The van der Waals surface area contributed by atoms with Gasteiger partial charge in [0.25, 0.3) is 0 Å². The lowest BCUT2D eigenvalue weighted by Gasteiger charge is -2.35. The Labute approximate surface area is 195 Å². The number of esters is 1. The Balaban J connectivity index is 0.00000450. The molecule has 9 heteroatoms. The molecule has 1 unspecified atom stereocenters. The number of carbonyl (C=O) groups is 1. The highest BCUT2D eigenvalue weighted by Crippen LogP contribution is 2.21. The van der Waals surface area contributed by atoms with Crippen molar-refractivity contribution >= 4 is 35.9 Å². The SMILES string of the molecule is CN=C(NCCCCCC(=O)OC)NCC(c1ccc(F)cc1)N1CCOCC1.I. The first kappa shape index (κ1) is 26.6. The summed E-state index contributed by atoms with van der Waals surface area (Å²) in [5.41, 5.74) is 1.07. The molecule has 170 valence electrons. The minimum atomic E-state index is -0.230. The van der Waals surface area contributed by atoms with E-state index in [1.807, 2.05) is 12.1 Å². The van der Waals surface area contributed by atoms with Crippen molar-refractivity contribution in [3.05, 3.63) is 35.6 Å². The predicted molar refractivity (Wildman–Crippen MR) is 127 cm³/mol. The van der Waals surface area contributed by atoms with Crippen molar-refractivity contribution in [2.75, 3.05) is 53.6 Å². The number of nitrogens with one attached hydrogen (secondary N) is 2. The third-order valence-electron chi connectivity index (χ3n) is 5.01. The first-order chi connectivity index (χ1) is 14.1. The number of unbranched alkanes of at least 4 members (excludes halogenated alkanes) is 2. The van der Waals surface area contributed by atoms with Crippen LogP contribution in [-0.4, -0.2) is 70.4 Å². The Morgan fingerprint density at radius 3 is 2.53 bits per heavy atom. The lowest BCUT2D eigenvalue weighted by molar-refractivity contribution is -0.140. The van der Waals surface area contributed by atoms with Gasteiger partial charge in [-0.2, -0.15) is 0 Å². The highest BCUT2D eigenvalue weighted by molar-refractivity contribution is 14.0. The quantitative estimate of drug-likeness (QED) is 0.158. The van der Waals surface area contributed by atoms with Gasteiger partial charge in [-0.25, -0.2) is 4.39 Å². The van der Waals surface area contributed by atoms with Crippen LogP contribution in [0.2, 0.25) is 0 Å². The fraction of sp³-hybridized carbons (Fsp3) is 0.619. The average molecular weight is 536 g/mol. The highest BCUT2D eigenvalue weighted by Gasteiger charge is 2.23. The maximum Gasteiger partial charge on any atom is 0.305 e. The van der Waals surface area contributed by atoms with Crippen LogP contribution in [0.15, 0.2) is 29.3 Å². The van der Waals surface area contributed by atoms with Gasteiger partial charge in [-0.15, -0.1) is 24.0 Å². The molecule has 1 aromatic rings. The minimum Gasteiger partial charge on any atom is -0.469 e. The van der Waals surface area contributed by atoms with Crippen molar-refractivity contribution < 1.29 is 18.7 Å². The summed E-state index contributed by atoms with van der Waals surface area (Å²) in [5.74, 6) is 0.343. The fourth-order valence-electron chi connectivity index (χ4n) is 3.33. The Kier molecular flexibility index (Phi) is 13.6. The van der Waals surface area contributed by atoms with Crippen molar-refractivity contribution in [3.8, 4) is 0 Å². The van der Waals surface area contributed by atoms with Crippen molar-refractivity contribution in [1.82, 2.24) is 15.5 Å². The number of morpholine rings is 1. The van der Waals surface area contributed by atoms with Crippen LogP contribution in [0.5, 0.6) is 0 Å². The van der Waals surface area contributed by atoms with Gasteiger partial charge < -0.3 is 20.1 Å². The minimum absolute atomic E-state index is 0. The van der Waals surface area contributed by atoms with E-state index in [2.05, 4.69) is 25.3 Å². The second-order valence-corrected chi connectivity index (χ2v) is 6.98. The zero-order valence-corrected chi connectivity index (χ0v) is 20.2. The Morgan fingerprint density at radius 1 is 1.20 bits per heavy atom. The second kappa shape index (κ2) is 15.4. The van der Waals surface area contributed by atoms with Gasteiger partial charge in [-0.1, -0.05) is 18.6 Å². The number of rotatable bonds is 10. The van der Waals surface area contributed by atoms with E-state index in [4.69, 9.17) is 4.74 Å². The maximum atomic E-state index is 13.3. The topological polar surface area (TPSA) is 75.2 Å². The summed E-state index contributed by atoms with van der Waals surface area (Å²) in [6, 6.07) is 6.80. The number of guanidine groups is 1. The van der Waals surface area contributed by atoms with Gasteiger partial charge in [0.15, 0.2) is 5.96 Å². The number of aliphatic imine (C=N–C) groups is 1. The first-order valence-corrected chi connectivity index (χ1v) is 10.2. The summed E-state index contributed by atoms with van der Waals surface area (Å²) in [4.78, 5) is 17.8. The Bertz CT molecular complexity index is 640. The smallest absolute Gasteiger partial charge is 0.305 e. The van der Waals surface area contributed by atoms with E-state index >= 15 is 0 Å². The average Bonchev–Trinajstić information content (AvgIpc) is 2.76. The Morgan fingerprint density at radius 2 is 1.90 bits per heavy atom.